The van der Waals surface area contributed by atoms with Crippen LogP contribution < -0.4 is 4.74 Å². The summed E-state index contributed by atoms with van der Waals surface area (Å²) in [7, 11) is 0. The summed E-state index contributed by atoms with van der Waals surface area (Å²) in [5, 5.41) is 4.50. The zero-order valence-corrected chi connectivity index (χ0v) is 15.6. The molecular formula is C22H26N4O. The molecule has 0 aliphatic carbocycles. The monoisotopic (exact) mass is 362 g/mol. The van der Waals surface area contributed by atoms with Crippen LogP contribution in [-0.4, -0.2) is 58.9 Å². The minimum atomic E-state index is 0.741. The molecule has 4 rings (SSSR count). The van der Waals surface area contributed by atoms with E-state index in [0.29, 0.717) is 0 Å². The van der Waals surface area contributed by atoms with Gasteiger partial charge in [0.1, 0.15) is 12.4 Å². The quantitative estimate of drug-likeness (QED) is 0.647. The molecule has 0 amide bonds. The lowest BCUT2D eigenvalue weighted by Crippen LogP contribution is -2.47. The summed E-state index contributed by atoms with van der Waals surface area (Å²) in [5.74, 6) is 0.949. The maximum atomic E-state index is 5.82. The molecule has 27 heavy (non-hydrogen) atoms. The summed E-state index contributed by atoms with van der Waals surface area (Å²) in [6, 6.07) is 22.5. The molecule has 0 saturated carbocycles. The SMILES string of the molecule is c1ccc(OCCN2CCN(Cc3ccnn3-c3ccccc3)CC2)cc1. The van der Waals surface area contributed by atoms with E-state index in [0.717, 1.165) is 57.3 Å². The third-order valence-electron chi connectivity index (χ3n) is 4.99. The van der Waals surface area contributed by atoms with Crippen LogP contribution >= 0.6 is 0 Å². The summed E-state index contributed by atoms with van der Waals surface area (Å²) >= 11 is 0. The van der Waals surface area contributed by atoms with Crippen molar-refractivity contribution in [2.24, 2.45) is 0 Å². The minimum Gasteiger partial charge on any atom is -0.492 e. The molecule has 5 nitrogen and oxygen atoms in total. The molecule has 0 spiro atoms. The van der Waals surface area contributed by atoms with Gasteiger partial charge >= 0.3 is 0 Å². The van der Waals surface area contributed by atoms with E-state index in [2.05, 4.69) is 45.2 Å². The summed E-state index contributed by atoms with van der Waals surface area (Å²) < 4.78 is 7.86. The molecule has 2 aromatic carbocycles. The van der Waals surface area contributed by atoms with E-state index in [1.54, 1.807) is 0 Å². The zero-order chi connectivity index (χ0) is 18.3. The first-order chi connectivity index (χ1) is 13.4. The smallest absolute Gasteiger partial charge is 0.119 e. The van der Waals surface area contributed by atoms with Crippen LogP contribution in [0.4, 0.5) is 0 Å². The fraction of sp³-hybridized carbons (Fsp3) is 0.318. The van der Waals surface area contributed by atoms with E-state index in [1.165, 1.54) is 5.69 Å². The Morgan fingerprint density at radius 3 is 2.19 bits per heavy atom. The Balaban J connectivity index is 1.24. The molecule has 1 aromatic heterocycles. The molecule has 1 aliphatic rings. The number of para-hydroxylation sites is 2. The highest BCUT2D eigenvalue weighted by atomic mass is 16.5. The van der Waals surface area contributed by atoms with E-state index >= 15 is 0 Å². The van der Waals surface area contributed by atoms with Crippen molar-refractivity contribution in [3.05, 3.63) is 78.6 Å². The Labute approximate surface area is 160 Å². The van der Waals surface area contributed by atoms with Crippen LogP contribution in [0.5, 0.6) is 5.75 Å². The third-order valence-corrected chi connectivity index (χ3v) is 4.99. The van der Waals surface area contributed by atoms with E-state index in [-0.39, 0.29) is 0 Å². The predicted octanol–water partition coefficient (Wildman–Crippen LogP) is 3.07. The number of piperazine rings is 1. The van der Waals surface area contributed by atoms with Gasteiger partial charge in [0.25, 0.3) is 0 Å². The van der Waals surface area contributed by atoms with Crippen LogP contribution in [0.15, 0.2) is 72.9 Å². The predicted molar refractivity (Wildman–Crippen MR) is 107 cm³/mol. The highest BCUT2D eigenvalue weighted by Crippen LogP contribution is 2.14. The average molecular weight is 362 g/mol. The number of ether oxygens (including phenoxy) is 1. The summed E-state index contributed by atoms with van der Waals surface area (Å²) in [6.45, 7) is 6.96. The van der Waals surface area contributed by atoms with Crippen molar-refractivity contribution in [3.8, 4) is 11.4 Å². The van der Waals surface area contributed by atoms with Gasteiger partial charge in [-0.25, -0.2) is 4.68 Å². The van der Waals surface area contributed by atoms with Crippen LogP contribution in [0.2, 0.25) is 0 Å². The van der Waals surface area contributed by atoms with Crippen LogP contribution in [0.25, 0.3) is 5.69 Å². The normalized spacial score (nSPS) is 15.7. The van der Waals surface area contributed by atoms with Gasteiger partial charge in [0.2, 0.25) is 0 Å². The van der Waals surface area contributed by atoms with Crippen molar-refractivity contribution in [2.45, 2.75) is 6.54 Å². The first-order valence-electron chi connectivity index (χ1n) is 9.59. The van der Waals surface area contributed by atoms with E-state index in [4.69, 9.17) is 4.74 Å². The molecule has 3 aromatic rings. The first-order valence-corrected chi connectivity index (χ1v) is 9.59. The molecule has 1 saturated heterocycles. The van der Waals surface area contributed by atoms with E-state index in [9.17, 15) is 0 Å². The van der Waals surface area contributed by atoms with Crippen LogP contribution in [-0.2, 0) is 6.54 Å². The number of nitrogens with zero attached hydrogens (tertiary/aromatic N) is 4. The molecule has 0 radical (unpaired) electrons. The Hall–Kier alpha value is -2.63. The minimum absolute atomic E-state index is 0.741. The molecule has 2 heterocycles. The van der Waals surface area contributed by atoms with Crippen LogP contribution in [0.3, 0.4) is 0 Å². The molecule has 0 bridgehead atoms. The van der Waals surface area contributed by atoms with Crippen molar-refractivity contribution in [1.82, 2.24) is 19.6 Å². The van der Waals surface area contributed by atoms with Gasteiger partial charge in [-0.1, -0.05) is 36.4 Å². The van der Waals surface area contributed by atoms with E-state index < -0.39 is 0 Å². The molecule has 0 N–H and O–H groups in total. The molecule has 1 aliphatic heterocycles. The maximum absolute atomic E-state index is 5.82. The van der Waals surface area contributed by atoms with Gasteiger partial charge in [0.05, 0.1) is 11.4 Å². The lowest BCUT2D eigenvalue weighted by atomic mass is 10.2. The van der Waals surface area contributed by atoms with Gasteiger partial charge in [-0.15, -0.1) is 0 Å². The average Bonchev–Trinajstić information content (AvgIpc) is 3.19. The van der Waals surface area contributed by atoms with Crippen LogP contribution in [0, 0.1) is 0 Å². The second-order valence-electron chi connectivity index (χ2n) is 6.85. The topological polar surface area (TPSA) is 33.5 Å². The molecule has 0 atom stereocenters. The van der Waals surface area contributed by atoms with Gasteiger partial charge in [-0.3, -0.25) is 9.80 Å². The Morgan fingerprint density at radius 2 is 1.44 bits per heavy atom. The number of hydrogen-bond donors (Lipinski definition) is 0. The Kier molecular flexibility index (Phi) is 5.82. The molecule has 0 unspecified atom stereocenters. The van der Waals surface area contributed by atoms with Crippen molar-refractivity contribution < 1.29 is 4.74 Å². The zero-order valence-electron chi connectivity index (χ0n) is 15.6. The van der Waals surface area contributed by atoms with Gasteiger partial charge in [0, 0.05) is 45.5 Å². The van der Waals surface area contributed by atoms with Crippen molar-refractivity contribution in [2.75, 3.05) is 39.3 Å². The van der Waals surface area contributed by atoms with Crippen LogP contribution in [0.1, 0.15) is 5.69 Å². The highest BCUT2D eigenvalue weighted by molar-refractivity contribution is 5.32. The summed E-state index contributed by atoms with van der Waals surface area (Å²) in [5.41, 5.74) is 2.36. The fourth-order valence-electron chi connectivity index (χ4n) is 3.46. The van der Waals surface area contributed by atoms with Crippen molar-refractivity contribution in [3.63, 3.8) is 0 Å². The van der Waals surface area contributed by atoms with Gasteiger partial charge in [0.15, 0.2) is 0 Å². The maximum Gasteiger partial charge on any atom is 0.119 e. The summed E-state index contributed by atoms with van der Waals surface area (Å²) in [4.78, 5) is 4.99. The largest absolute Gasteiger partial charge is 0.492 e. The Bertz CT molecular complexity index is 811. The number of hydrogen-bond acceptors (Lipinski definition) is 4. The molecule has 140 valence electrons. The standard InChI is InChI=1S/C22H26N4O/c1-3-7-20(8-4-1)26-21(11-12-23-26)19-25-15-13-24(14-16-25)17-18-27-22-9-5-2-6-10-22/h1-12H,13-19H2. The second kappa shape index (κ2) is 8.84. The molecular weight excluding hydrogens is 336 g/mol. The van der Waals surface area contributed by atoms with Gasteiger partial charge in [-0.2, -0.15) is 5.10 Å². The molecule has 1 fully saturated rings. The van der Waals surface area contributed by atoms with Crippen molar-refractivity contribution in [1.29, 1.82) is 0 Å². The lowest BCUT2D eigenvalue weighted by Gasteiger charge is -2.34. The Morgan fingerprint density at radius 1 is 0.778 bits per heavy atom. The number of benzene rings is 2. The van der Waals surface area contributed by atoms with Crippen molar-refractivity contribution >= 4 is 0 Å². The second-order valence-corrected chi connectivity index (χ2v) is 6.85. The van der Waals surface area contributed by atoms with Gasteiger partial charge in [-0.05, 0) is 30.3 Å². The third kappa shape index (κ3) is 4.76. The fourth-order valence-corrected chi connectivity index (χ4v) is 3.46. The van der Waals surface area contributed by atoms with Gasteiger partial charge < -0.3 is 4.74 Å². The lowest BCUT2D eigenvalue weighted by molar-refractivity contribution is 0.111. The number of aromatic nitrogens is 2. The van der Waals surface area contributed by atoms with E-state index in [1.807, 2.05) is 47.3 Å². The molecule has 5 heteroatoms. The highest BCUT2D eigenvalue weighted by Gasteiger charge is 2.18. The number of rotatable bonds is 7. The first kappa shape index (κ1) is 17.8. The summed E-state index contributed by atoms with van der Waals surface area (Å²) in [6.07, 6.45) is 1.89.